The number of esters is 1. The summed E-state index contributed by atoms with van der Waals surface area (Å²) in [6.07, 6.45) is -5.35. The van der Waals surface area contributed by atoms with Crippen molar-refractivity contribution < 1.29 is 37.0 Å². The lowest BCUT2D eigenvalue weighted by Gasteiger charge is -2.23. The highest BCUT2D eigenvalue weighted by molar-refractivity contribution is 5.82. The Bertz CT molecular complexity index is 545. The van der Waals surface area contributed by atoms with Crippen molar-refractivity contribution in [3.05, 3.63) is 24.3 Å². The van der Waals surface area contributed by atoms with Crippen LogP contribution >= 0.6 is 0 Å². The predicted octanol–water partition coefficient (Wildman–Crippen LogP) is 2.03. The summed E-state index contributed by atoms with van der Waals surface area (Å²) >= 11 is 0. The van der Waals surface area contributed by atoms with Crippen LogP contribution in [0.3, 0.4) is 0 Å². The molecule has 0 aliphatic carbocycles. The van der Waals surface area contributed by atoms with Gasteiger partial charge in [-0.2, -0.15) is 13.2 Å². The molecule has 0 aliphatic rings. The van der Waals surface area contributed by atoms with Crippen molar-refractivity contribution in [2.75, 3.05) is 33.9 Å². The Hall–Kier alpha value is -2.45. The van der Waals surface area contributed by atoms with Crippen LogP contribution in [-0.2, 0) is 14.3 Å². The molecule has 0 heterocycles. The Morgan fingerprint density at radius 2 is 1.62 bits per heavy atom. The molecule has 0 spiro atoms. The van der Waals surface area contributed by atoms with E-state index in [1.807, 2.05) is 0 Å². The molecule has 0 fully saturated rings. The third kappa shape index (κ3) is 6.35. The molecule has 0 radical (unpaired) electrons. The van der Waals surface area contributed by atoms with E-state index in [2.05, 4.69) is 4.74 Å². The molecule has 6 nitrogen and oxygen atoms in total. The molecule has 0 saturated carbocycles. The molecular formula is C15H18F3NO5. The lowest BCUT2D eigenvalue weighted by Crippen LogP contribution is -2.44. The van der Waals surface area contributed by atoms with Gasteiger partial charge in [0.2, 0.25) is 0 Å². The predicted molar refractivity (Wildman–Crippen MR) is 77.8 cm³/mol. The minimum absolute atomic E-state index is 0.157. The van der Waals surface area contributed by atoms with Gasteiger partial charge in [-0.1, -0.05) is 0 Å². The number of hydrogen-bond donors (Lipinski definition) is 0. The average Bonchev–Trinajstić information content (AvgIpc) is 2.56. The van der Waals surface area contributed by atoms with E-state index in [1.165, 1.54) is 7.11 Å². The maximum absolute atomic E-state index is 12.6. The number of nitrogens with zero attached hydrogens (tertiary/aromatic N) is 1. The van der Waals surface area contributed by atoms with Crippen molar-refractivity contribution in [1.82, 2.24) is 4.90 Å². The number of rotatable bonds is 8. The summed E-state index contributed by atoms with van der Waals surface area (Å²) in [5.41, 5.74) is 0. The summed E-state index contributed by atoms with van der Waals surface area (Å²) < 4.78 is 52.4. The quantitative estimate of drug-likeness (QED) is 0.672. The molecule has 0 unspecified atom stereocenters. The van der Waals surface area contributed by atoms with Crippen molar-refractivity contribution in [2.45, 2.75) is 12.6 Å². The standard InChI is InChI=1S/C15H18F3NO5/c1-22-11-3-5-12(6-4-11)24-10-9-19(8-7-13(20)23-2)14(21)15(16,17)18/h3-6H,7-10H2,1-2H3. The summed E-state index contributed by atoms with van der Waals surface area (Å²) in [6, 6.07) is 6.43. The van der Waals surface area contributed by atoms with Crippen molar-refractivity contribution in [3.8, 4) is 11.5 Å². The first-order valence-electron chi connectivity index (χ1n) is 6.97. The fourth-order valence-corrected chi connectivity index (χ4v) is 1.77. The smallest absolute Gasteiger partial charge is 0.471 e. The van der Waals surface area contributed by atoms with Gasteiger partial charge in [-0.3, -0.25) is 9.59 Å². The second-order valence-corrected chi connectivity index (χ2v) is 4.64. The van der Waals surface area contributed by atoms with Gasteiger partial charge < -0.3 is 19.1 Å². The van der Waals surface area contributed by atoms with Gasteiger partial charge in [0.15, 0.2) is 0 Å². The molecule has 1 rings (SSSR count). The van der Waals surface area contributed by atoms with Crippen LogP contribution in [0, 0.1) is 0 Å². The largest absolute Gasteiger partial charge is 0.497 e. The van der Waals surface area contributed by atoms with Crippen LogP contribution in [0.1, 0.15) is 6.42 Å². The second kappa shape index (κ2) is 8.99. The van der Waals surface area contributed by atoms with Crippen LogP contribution in [0.5, 0.6) is 11.5 Å². The molecular weight excluding hydrogens is 331 g/mol. The first kappa shape index (κ1) is 19.6. The summed E-state index contributed by atoms with van der Waals surface area (Å²) in [4.78, 5) is 22.9. The highest BCUT2D eigenvalue weighted by Crippen LogP contribution is 2.19. The zero-order valence-corrected chi connectivity index (χ0v) is 13.3. The van der Waals surface area contributed by atoms with Crippen molar-refractivity contribution in [1.29, 1.82) is 0 Å². The Morgan fingerprint density at radius 1 is 1.04 bits per heavy atom. The van der Waals surface area contributed by atoms with Gasteiger partial charge in [-0.15, -0.1) is 0 Å². The Labute approximate surface area is 137 Å². The number of amides is 1. The van der Waals surface area contributed by atoms with Gasteiger partial charge in [0, 0.05) is 6.54 Å². The lowest BCUT2D eigenvalue weighted by molar-refractivity contribution is -0.186. The summed E-state index contributed by atoms with van der Waals surface area (Å²) in [5.74, 6) is -1.70. The SMILES string of the molecule is COC(=O)CCN(CCOc1ccc(OC)cc1)C(=O)C(F)(F)F. The number of carbonyl (C=O) groups is 2. The number of alkyl halides is 3. The van der Waals surface area contributed by atoms with E-state index in [-0.39, 0.29) is 19.6 Å². The van der Waals surface area contributed by atoms with E-state index >= 15 is 0 Å². The van der Waals surface area contributed by atoms with Gasteiger partial charge in [0.05, 0.1) is 27.2 Å². The van der Waals surface area contributed by atoms with E-state index in [0.717, 1.165) is 7.11 Å². The summed E-state index contributed by atoms with van der Waals surface area (Å²) in [7, 11) is 2.61. The van der Waals surface area contributed by atoms with Gasteiger partial charge >= 0.3 is 18.1 Å². The summed E-state index contributed by atoms with van der Waals surface area (Å²) in [6.45, 7) is -0.881. The first-order valence-corrected chi connectivity index (χ1v) is 6.97. The molecule has 0 bridgehead atoms. The Balaban J connectivity index is 2.59. The Morgan fingerprint density at radius 3 is 2.12 bits per heavy atom. The van der Waals surface area contributed by atoms with Crippen molar-refractivity contribution in [3.63, 3.8) is 0 Å². The number of halogens is 3. The molecule has 1 amide bonds. The third-order valence-corrected chi connectivity index (χ3v) is 3.03. The second-order valence-electron chi connectivity index (χ2n) is 4.64. The molecule has 0 N–H and O–H groups in total. The zero-order valence-electron chi connectivity index (χ0n) is 13.3. The number of ether oxygens (including phenoxy) is 3. The van der Waals surface area contributed by atoms with Crippen LogP contribution in [-0.4, -0.2) is 56.9 Å². The van der Waals surface area contributed by atoms with E-state index < -0.39 is 24.6 Å². The van der Waals surface area contributed by atoms with E-state index in [1.54, 1.807) is 24.3 Å². The highest BCUT2D eigenvalue weighted by Gasteiger charge is 2.42. The summed E-state index contributed by atoms with van der Waals surface area (Å²) in [5, 5.41) is 0. The molecule has 1 aromatic rings. The molecule has 0 aromatic heterocycles. The highest BCUT2D eigenvalue weighted by atomic mass is 19.4. The van der Waals surface area contributed by atoms with E-state index in [4.69, 9.17) is 9.47 Å². The van der Waals surface area contributed by atoms with Crippen LogP contribution in [0.25, 0.3) is 0 Å². The van der Waals surface area contributed by atoms with E-state index in [0.29, 0.717) is 16.4 Å². The molecule has 134 valence electrons. The third-order valence-electron chi connectivity index (χ3n) is 3.03. The fourth-order valence-electron chi connectivity index (χ4n) is 1.77. The number of hydrogen-bond acceptors (Lipinski definition) is 5. The molecule has 9 heteroatoms. The first-order chi connectivity index (χ1) is 11.3. The van der Waals surface area contributed by atoms with Crippen molar-refractivity contribution >= 4 is 11.9 Å². The molecule has 0 saturated heterocycles. The molecule has 0 atom stereocenters. The Kier molecular flexibility index (Phi) is 7.34. The zero-order chi connectivity index (χ0) is 18.2. The van der Waals surface area contributed by atoms with Gasteiger partial charge in [0.25, 0.3) is 0 Å². The van der Waals surface area contributed by atoms with Crippen molar-refractivity contribution in [2.24, 2.45) is 0 Å². The minimum atomic E-state index is -5.02. The number of carbonyl (C=O) groups excluding carboxylic acids is 2. The minimum Gasteiger partial charge on any atom is -0.497 e. The molecule has 1 aromatic carbocycles. The normalized spacial score (nSPS) is 10.9. The lowest BCUT2D eigenvalue weighted by atomic mass is 10.3. The maximum Gasteiger partial charge on any atom is 0.471 e. The topological polar surface area (TPSA) is 65.1 Å². The van der Waals surface area contributed by atoms with E-state index in [9.17, 15) is 22.8 Å². The fraction of sp³-hybridized carbons (Fsp3) is 0.467. The van der Waals surface area contributed by atoms with Crippen LogP contribution in [0.4, 0.5) is 13.2 Å². The molecule has 0 aliphatic heterocycles. The van der Waals surface area contributed by atoms with Gasteiger partial charge in [0.1, 0.15) is 18.1 Å². The van der Waals surface area contributed by atoms with Crippen LogP contribution in [0.15, 0.2) is 24.3 Å². The van der Waals surface area contributed by atoms with Crippen LogP contribution in [0.2, 0.25) is 0 Å². The van der Waals surface area contributed by atoms with Gasteiger partial charge in [-0.05, 0) is 24.3 Å². The monoisotopic (exact) mass is 349 g/mol. The van der Waals surface area contributed by atoms with Gasteiger partial charge in [-0.25, -0.2) is 0 Å². The average molecular weight is 349 g/mol. The maximum atomic E-state index is 12.6. The van der Waals surface area contributed by atoms with Crippen LogP contribution < -0.4 is 9.47 Å². The molecule has 24 heavy (non-hydrogen) atoms. The number of methoxy groups -OCH3 is 2. The number of benzene rings is 1.